The number of benzene rings is 1. The van der Waals surface area contributed by atoms with Crippen molar-refractivity contribution in [1.29, 1.82) is 0 Å². The number of nitrogens with zero attached hydrogens (tertiary/aromatic N) is 1. The van der Waals surface area contributed by atoms with E-state index in [0.717, 1.165) is 12.5 Å². The molecule has 2 rings (SSSR count). The van der Waals surface area contributed by atoms with Gasteiger partial charge in [-0.15, -0.1) is 24.0 Å². The molecule has 0 atom stereocenters. The highest BCUT2D eigenvalue weighted by Gasteiger charge is 2.25. The fourth-order valence-corrected chi connectivity index (χ4v) is 2.35. The predicted molar refractivity (Wildman–Crippen MR) is 97.1 cm³/mol. The molecule has 112 valence electrons. The molecule has 0 spiro atoms. The van der Waals surface area contributed by atoms with Crippen molar-refractivity contribution in [3.63, 3.8) is 0 Å². The zero-order valence-corrected chi connectivity index (χ0v) is 15.2. The van der Waals surface area contributed by atoms with Gasteiger partial charge in [-0.3, -0.25) is 4.99 Å². The number of nitrogens with one attached hydrogen (secondary N) is 2. The minimum atomic E-state index is 0. The van der Waals surface area contributed by atoms with E-state index in [4.69, 9.17) is 0 Å². The minimum absolute atomic E-state index is 0. The highest BCUT2D eigenvalue weighted by Crippen LogP contribution is 2.25. The van der Waals surface area contributed by atoms with Gasteiger partial charge >= 0.3 is 0 Å². The Labute approximate surface area is 139 Å². The van der Waals surface area contributed by atoms with Crippen LogP contribution in [0.15, 0.2) is 29.3 Å². The minimum Gasteiger partial charge on any atom is -0.356 e. The van der Waals surface area contributed by atoms with E-state index in [-0.39, 0.29) is 29.4 Å². The smallest absolute Gasteiger partial charge is 0.191 e. The molecular formula is C16H26IN3. The van der Waals surface area contributed by atoms with Crippen molar-refractivity contribution in [2.75, 3.05) is 13.6 Å². The molecular weight excluding hydrogens is 361 g/mol. The molecule has 1 aromatic carbocycles. The molecule has 20 heavy (non-hydrogen) atoms. The van der Waals surface area contributed by atoms with Crippen molar-refractivity contribution in [2.24, 2.45) is 4.99 Å². The zero-order chi connectivity index (χ0) is 13.9. The Kier molecular flexibility index (Phi) is 6.30. The summed E-state index contributed by atoms with van der Waals surface area (Å²) < 4.78 is 0. The number of guanidine groups is 1. The number of aryl methyl sites for hydroxylation is 1. The fourth-order valence-electron chi connectivity index (χ4n) is 2.35. The van der Waals surface area contributed by atoms with Crippen LogP contribution in [0.3, 0.4) is 0 Å². The van der Waals surface area contributed by atoms with E-state index in [1.54, 1.807) is 0 Å². The predicted octanol–water partition coefficient (Wildman–Crippen LogP) is 3.22. The van der Waals surface area contributed by atoms with Gasteiger partial charge in [-0.25, -0.2) is 0 Å². The molecule has 0 bridgehead atoms. The molecule has 0 aliphatic heterocycles. The second kappa shape index (κ2) is 7.29. The first kappa shape index (κ1) is 17.3. The Bertz CT molecular complexity index is 465. The van der Waals surface area contributed by atoms with Crippen molar-refractivity contribution < 1.29 is 0 Å². The average molecular weight is 387 g/mol. The largest absolute Gasteiger partial charge is 0.356 e. The topological polar surface area (TPSA) is 36.4 Å². The summed E-state index contributed by atoms with van der Waals surface area (Å²) in [6.07, 6.45) is 2.53. The Morgan fingerprint density at radius 2 is 1.95 bits per heavy atom. The maximum atomic E-state index is 4.28. The average Bonchev–Trinajstić information content (AvgIpc) is 3.18. The van der Waals surface area contributed by atoms with E-state index in [1.165, 1.54) is 24.0 Å². The molecule has 1 saturated carbocycles. The molecule has 0 amide bonds. The second-order valence-corrected chi connectivity index (χ2v) is 6.04. The van der Waals surface area contributed by atoms with Gasteiger partial charge in [-0.1, -0.05) is 38.1 Å². The number of hydrogen-bond donors (Lipinski definition) is 2. The van der Waals surface area contributed by atoms with Gasteiger partial charge < -0.3 is 10.6 Å². The van der Waals surface area contributed by atoms with E-state index in [1.807, 2.05) is 7.05 Å². The molecule has 0 radical (unpaired) electrons. The van der Waals surface area contributed by atoms with Gasteiger partial charge in [0, 0.05) is 25.0 Å². The van der Waals surface area contributed by atoms with Crippen LogP contribution in [-0.2, 0) is 5.41 Å². The van der Waals surface area contributed by atoms with Crippen molar-refractivity contribution >= 4 is 29.9 Å². The zero-order valence-electron chi connectivity index (χ0n) is 12.9. The lowest BCUT2D eigenvalue weighted by molar-refractivity contribution is 0.506. The standard InChI is InChI=1S/C16H25N3.HI/c1-12-7-5-6-8-14(12)16(2,3)11-18-15(17-4)19-13-9-10-13;/h5-8,13H,9-11H2,1-4H3,(H2,17,18,19);1H. The molecule has 0 unspecified atom stereocenters. The van der Waals surface area contributed by atoms with Gasteiger partial charge in [0.1, 0.15) is 0 Å². The molecule has 0 saturated heterocycles. The van der Waals surface area contributed by atoms with Crippen LogP contribution >= 0.6 is 24.0 Å². The Morgan fingerprint density at radius 3 is 2.50 bits per heavy atom. The number of aliphatic imine (C=N–C) groups is 1. The van der Waals surface area contributed by atoms with Crippen molar-refractivity contribution in [3.8, 4) is 0 Å². The first-order chi connectivity index (χ1) is 9.03. The summed E-state index contributed by atoms with van der Waals surface area (Å²) in [5.41, 5.74) is 2.83. The highest BCUT2D eigenvalue weighted by atomic mass is 127. The van der Waals surface area contributed by atoms with Gasteiger partial charge in [-0.05, 0) is 30.9 Å². The van der Waals surface area contributed by atoms with Crippen LogP contribution in [0.1, 0.15) is 37.8 Å². The molecule has 1 aliphatic rings. The van der Waals surface area contributed by atoms with E-state index < -0.39 is 0 Å². The van der Waals surface area contributed by atoms with Crippen molar-refractivity contribution in [3.05, 3.63) is 35.4 Å². The summed E-state index contributed by atoms with van der Waals surface area (Å²) in [6.45, 7) is 7.60. The summed E-state index contributed by atoms with van der Waals surface area (Å²) in [5.74, 6) is 0.921. The monoisotopic (exact) mass is 387 g/mol. The number of rotatable bonds is 4. The highest BCUT2D eigenvalue weighted by molar-refractivity contribution is 14.0. The number of halogens is 1. The van der Waals surface area contributed by atoms with Crippen LogP contribution in [0.25, 0.3) is 0 Å². The maximum Gasteiger partial charge on any atom is 0.191 e. The Morgan fingerprint density at radius 1 is 1.30 bits per heavy atom. The molecule has 0 heterocycles. The third-order valence-corrected chi connectivity index (χ3v) is 3.71. The van der Waals surface area contributed by atoms with E-state index >= 15 is 0 Å². The molecule has 3 nitrogen and oxygen atoms in total. The van der Waals surface area contributed by atoms with Crippen molar-refractivity contribution in [1.82, 2.24) is 10.6 Å². The van der Waals surface area contributed by atoms with Gasteiger partial charge in [0.25, 0.3) is 0 Å². The fraction of sp³-hybridized carbons (Fsp3) is 0.562. The first-order valence-corrected chi connectivity index (χ1v) is 7.06. The van der Waals surface area contributed by atoms with Crippen LogP contribution in [0, 0.1) is 6.92 Å². The van der Waals surface area contributed by atoms with Crippen LogP contribution in [-0.4, -0.2) is 25.6 Å². The van der Waals surface area contributed by atoms with Crippen LogP contribution in [0.2, 0.25) is 0 Å². The van der Waals surface area contributed by atoms with Crippen LogP contribution < -0.4 is 10.6 Å². The Balaban J connectivity index is 0.00000200. The second-order valence-electron chi connectivity index (χ2n) is 6.04. The molecule has 0 aromatic heterocycles. The molecule has 2 N–H and O–H groups in total. The SMILES string of the molecule is CN=C(NCC(C)(C)c1ccccc1C)NC1CC1.I. The van der Waals surface area contributed by atoms with Crippen LogP contribution in [0.4, 0.5) is 0 Å². The van der Waals surface area contributed by atoms with Gasteiger partial charge in [0.2, 0.25) is 0 Å². The lowest BCUT2D eigenvalue weighted by atomic mass is 9.82. The quantitative estimate of drug-likeness (QED) is 0.473. The summed E-state index contributed by atoms with van der Waals surface area (Å²) in [5, 5.41) is 6.86. The normalized spacial score (nSPS) is 15.5. The summed E-state index contributed by atoms with van der Waals surface area (Å²) in [6, 6.07) is 9.23. The molecule has 1 aromatic rings. The summed E-state index contributed by atoms with van der Waals surface area (Å²) in [7, 11) is 1.83. The first-order valence-electron chi connectivity index (χ1n) is 7.06. The summed E-state index contributed by atoms with van der Waals surface area (Å²) >= 11 is 0. The third-order valence-electron chi connectivity index (χ3n) is 3.71. The maximum absolute atomic E-state index is 4.28. The molecule has 1 aliphatic carbocycles. The Hall–Kier alpha value is -0.780. The third kappa shape index (κ3) is 4.65. The van der Waals surface area contributed by atoms with Gasteiger partial charge in [-0.2, -0.15) is 0 Å². The lowest BCUT2D eigenvalue weighted by Crippen LogP contribution is -2.44. The van der Waals surface area contributed by atoms with E-state index in [9.17, 15) is 0 Å². The van der Waals surface area contributed by atoms with E-state index in [2.05, 4.69) is 60.7 Å². The van der Waals surface area contributed by atoms with Crippen LogP contribution in [0.5, 0.6) is 0 Å². The van der Waals surface area contributed by atoms with Gasteiger partial charge in [0.05, 0.1) is 0 Å². The molecule has 1 fully saturated rings. The van der Waals surface area contributed by atoms with Crippen molar-refractivity contribution in [2.45, 2.75) is 45.1 Å². The molecule has 4 heteroatoms. The summed E-state index contributed by atoms with van der Waals surface area (Å²) in [4.78, 5) is 4.28. The van der Waals surface area contributed by atoms with Gasteiger partial charge in [0.15, 0.2) is 5.96 Å². The number of hydrogen-bond acceptors (Lipinski definition) is 1. The lowest BCUT2D eigenvalue weighted by Gasteiger charge is -2.28. The van der Waals surface area contributed by atoms with E-state index in [0.29, 0.717) is 6.04 Å².